The van der Waals surface area contributed by atoms with Gasteiger partial charge >= 0.3 is 0 Å². The molecule has 0 aliphatic carbocycles. The summed E-state index contributed by atoms with van der Waals surface area (Å²) in [7, 11) is 1.64. The standard InChI is InChI=1S/C21H26N4O3S/c1-5-25-14(3)11-16(23-25)20(26)24(12-15-7-6-10-28-15)21-22-18-17(27-4)9-8-13(2)19(18)29-21/h8-9,11,15H,5-7,10,12H2,1-4H3. The maximum absolute atomic E-state index is 13.5. The molecular formula is C21H26N4O3S. The van der Waals surface area contributed by atoms with Gasteiger partial charge in [0.15, 0.2) is 10.8 Å². The predicted molar refractivity (Wildman–Crippen MR) is 114 cm³/mol. The third-order valence-corrected chi connectivity index (χ3v) is 6.51. The molecule has 1 aliphatic rings. The van der Waals surface area contributed by atoms with Gasteiger partial charge in [-0.05, 0) is 51.3 Å². The second-order valence-corrected chi connectivity index (χ2v) is 8.27. The van der Waals surface area contributed by atoms with Crippen LogP contribution in [0.1, 0.15) is 41.5 Å². The molecule has 0 radical (unpaired) electrons. The van der Waals surface area contributed by atoms with Crippen molar-refractivity contribution < 1.29 is 14.3 Å². The molecule has 154 valence electrons. The number of carbonyl (C=O) groups excluding carboxylic acids is 1. The van der Waals surface area contributed by atoms with Crippen molar-refractivity contribution in [3.63, 3.8) is 0 Å². The Morgan fingerprint density at radius 2 is 2.24 bits per heavy atom. The molecule has 1 atom stereocenters. The van der Waals surface area contributed by atoms with Crippen molar-refractivity contribution in [3.8, 4) is 5.75 Å². The molecule has 1 unspecified atom stereocenters. The van der Waals surface area contributed by atoms with Crippen molar-refractivity contribution in [2.45, 2.75) is 46.3 Å². The number of ether oxygens (including phenoxy) is 2. The molecule has 0 bridgehead atoms. The Kier molecular flexibility index (Phi) is 5.56. The third kappa shape index (κ3) is 3.74. The zero-order valence-corrected chi connectivity index (χ0v) is 18.1. The fourth-order valence-electron chi connectivity index (χ4n) is 3.69. The largest absolute Gasteiger partial charge is 0.494 e. The number of carbonyl (C=O) groups is 1. The van der Waals surface area contributed by atoms with Crippen molar-refractivity contribution in [1.82, 2.24) is 14.8 Å². The first kappa shape index (κ1) is 19.8. The minimum atomic E-state index is -0.147. The predicted octanol–water partition coefficient (Wildman–Crippen LogP) is 3.96. The first-order chi connectivity index (χ1) is 14.0. The van der Waals surface area contributed by atoms with Gasteiger partial charge in [0.1, 0.15) is 11.3 Å². The van der Waals surface area contributed by atoms with Crippen LogP contribution in [0.5, 0.6) is 5.75 Å². The summed E-state index contributed by atoms with van der Waals surface area (Å²) >= 11 is 1.51. The molecule has 2 aromatic heterocycles. The second kappa shape index (κ2) is 8.12. The monoisotopic (exact) mass is 414 g/mol. The lowest BCUT2D eigenvalue weighted by Crippen LogP contribution is -2.37. The van der Waals surface area contributed by atoms with Crippen LogP contribution in [0.2, 0.25) is 0 Å². The Labute approximate surface area is 174 Å². The highest BCUT2D eigenvalue weighted by atomic mass is 32.1. The molecule has 1 aromatic carbocycles. The van der Waals surface area contributed by atoms with Crippen molar-refractivity contribution in [2.24, 2.45) is 0 Å². The second-order valence-electron chi connectivity index (χ2n) is 7.30. The van der Waals surface area contributed by atoms with Crippen molar-refractivity contribution in [3.05, 3.63) is 35.2 Å². The van der Waals surface area contributed by atoms with E-state index < -0.39 is 0 Å². The minimum absolute atomic E-state index is 0.0170. The highest BCUT2D eigenvalue weighted by Gasteiger charge is 2.29. The van der Waals surface area contributed by atoms with E-state index in [0.717, 1.165) is 47.5 Å². The van der Waals surface area contributed by atoms with Gasteiger partial charge in [0.2, 0.25) is 0 Å². The van der Waals surface area contributed by atoms with Gasteiger partial charge in [0, 0.05) is 18.8 Å². The van der Waals surface area contributed by atoms with Crippen LogP contribution in [0.4, 0.5) is 5.13 Å². The molecule has 29 heavy (non-hydrogen) atoms. The molecule has 3 aromatic rings. The molecule has 0 N–H and O–H groups in total. The molecule has 1 fully saturated rings. The average molecular weight is 415 g/mol. The number of fused-ring (bicyclic) bond motifs is 1. The van der Waals surface area contributed by atoms with E-state index in [0.29, 0.717) is 23.1 Å². The normalized spacial score (nSPS) is 16.5. The number of amides is 1. The summed E-state index contributed by atoms with van der Waals surface area (Å²) in [6.45, 7) is 7.95. The van der Waals surface area contributed by atoms with Crippen molar-refractivity contribution >= 4 is 32.6 Å². The minimum Gasteiger partial charge on any atom is -0.494 e. The fourth-order valence-corrected chi connectivity index (χ4v) is 4.75. The lowest BCUT2D eigenvalue weighted by molar-refractivity contribution is 0.0912. The molecule has 0 saturated carbocycles. The maximum atomic E-state index is 13.5. The van der Waals surface area contributed by atoms with E-state index in [1.165, 1.54) is 11.3 Å². The van der Waals surface area contributed by atoms with Crippen LogP contribution < -0.4 is 9.64 Å². The number of anilines is 1. The number of thiazole rings is 1. The van der Waals surface area contributed by atoms with Gasteiger partial charge in [-0.25, -0.2) is 4.98 Å². The molecule has 1 aliphatic heterocycles. The molecule has 0 spiro atoms. The van der Waals surface area contributed by atoms with Gasteiger partial charge in [-0.15, -0.1) is 0 Å². The molecular weight excluding hydrogens is 388 g/mol. The van der Waals surface area contributed by atoms with E-state index in [2.05, 4.69) is 5.10 Å². The summed E-state index contributed by atoms with van der Waals surface area (Å²) in [5, 5.41) is 5.14. The van der Waals surface area contributed by atoms with Crippen molar-refractivity contribution in [1.29, 1.82) is 0 Å². The highest BCUT2D eigenvalue weighted by Crippen LogP contribution is 2.37. The van der Waals surface area contributed by atoms with Gasteiger partial charge in [-0.1, -0.05) is 17.4 Å². The van der Waals surface area contributed by atoms with Crippen LogP contribution in [0.25, 0.3) is 10.2 Å². The van der Waals surface area contributed by atoms with Gasteiger partial charge in [0.05, 0.1) is 24.5 Å². The first-order valence-corrected chi connectivity index (χ1v) is 10.8. The Bertz CT molecular complexity index is 1040. The van der Waals surface area contributed by atoms with Crippen LogP contribution in [0.15, 0.2) is 18.2 Å². The molecule has 1 saturated heterocycles. The number of methoxy groups -OCH3 is 1. The van der Waals surface area contributed by atoms with Crippen LogP contribution in [-0.4, -0.2) is 47.0 Å². The van der Waals surface area contributed by atoms with Crippen LogP contribution in [-0.2, 0) is 11.3 Å². The molecule has 4 rings (SSSR count). The number of hydrogen-bond acceptors (Lipinski definition) is 6. The fraction of sp³-hybridized carbons (Fsp3) is 0.476. The van der Waals surface area contributed by atoms with Gasteiger partial charge in [-0.2, -0.15) is 5.10 Å². The lowest BCUT2D eigenvalue weighted by atomic mass is 10.2. The highest BCUT2D eigenvalue weighted by molar-refractivity contribution is 7.22. The third-order valence-electron chi connectivity index (χ3n) is 5.30. The van der Waals surface area contributed by atoms with Crippen LogP contribution >= 0.6 is 11.3 Å². The summed E-state index contributed by atoms with van der Waals surface area (Å²) in [6, 6.07) is 5.77. The van der Waals surface area contributed by atoms with Gasteiger partial charge in [-0.3, -0.25) is 14.4 Å². The summed E-state index contributed by atoms with van der Waals surface area (Å²) in [5.74, 6) is 0.565. The summed E-state index contributed by atoms with van der Waals surface area (Å²) in [5.41, 5.74) is 3.30. The smallest absolute Gasteiger partial charge is 0.280 e. The van der Waals surface area contributed by atoms with Gasteiger partial charge in [0.25, 0.3) is 5.91 Å². The number of hydrogen-bond donors (Lipinski definition) is 0. The molecule has 3 heterocycles. The zero-order chi connectivity index (χ0) is 20.5. The lowest BCUT2D eigenvalue weighted by Gasteiger charge is -2.22. The van der Waals surface area contributed by atoms with E-state index in [1.54, 1.807) is 12.0 Å². The molecule has 8 heteroatoms. The zero-order valence-electron chi connectivity index (χ0n) is 17.3. The Morgan fingerprint density at radius 1 is 1.41 bits per heavy atom. The summed E-state index contributed by atoms with van der Waals surface area (Å²) in [4.78, 5) is 20.0. The molecule has 1 amide bonds. The number of rotatable bonds is 6. The number of aryl methyl sites for hydroxylation is 3. The van der Waals surface area contributed by atoms with Gasteiger partial charge < -0.3 is 9.47 Å². The Hall–Kier alpha value is -2.45. The number of nitrogens with zero attached hydrogens (tertiary/aromatic N) is 4. The topological polar surface area (TPSA) is 69.5 Å². The number of aromatic nitrogens is 3. The molecule has 7 nitrogen and oxygen atoms in total. The van der Waals surface area contributed by atoms with E-state index in [1.807, 2.05) is 43.7 Å². The van der Waals surface area contributed by atoms with E-state index in [9.17, 15) is 4.79 Å². The number of benzene rings is 1. The summed E-state index contributed by atoms with van der Waals surface area (Å²) < 4.78 is 14.2. The quantitative estimate of drug-likeness (QED) is 0.611. The van der Waals surface area contributed by atoms with E-state index >= 15 is 0 Å². The first-order valence-electron chi connectivity index (χ1n) is 9.93. The van der Waals surface area contributed by atoms with E-state index in [-0.39, 0.29) is 12.0 Å². The Morgan fingerprint density at radius 3 is 2.90 bits per heavy atom. The van der Waals surface area contributed by atoms with E-state index in [4.69, 9.17) is 14.5 Å². The SMILES string of the molecule is CCn1nc(C(=O)N(CC2CCCO2)c2nc3c(OC)ccc(C)c3s2)cc1C. The average Bonchev–Trinajstić information content (AvgIpc) is 3.45. The maximum Gasteiger partial charge on any atom is 0.280 e. The Balaban J connectivity index is 1.76. The van der Waals surface area contributed by atoms with Crippen LogP contribution in [0.3, 0.4) is 0 Å². The van der Waals surface area contributed by atoms with Crippen LogP contribution in [0, 0.1) is 13.8 Å². The van der Waals surface area contributed by atoms with Crippen molar-refractivity contribution in [2.75, 3.05) is 25.2 Å². The summed E-state index contributed by atoms with van der Waals surface area (Å²) in [6.07, 6.45) is 1.98.